The number of hydrogen-bond donors (Lipinski definition) is 1. The van der Waals surface area contributed by atoms with Crippen molar-refractivity contribution in [2.45, 2.75) is 70.4 Å². The molecular weight excluding hydrogens is 362 g/mol. The van der Waals surface area contributed by atoms with Crippen molar-refractivity contribution in [3.63, 3.8) is 0 Å². The molecule has 29 heavy (non-hydrogen) atoms. The highest BCUT2D eigenvalue weighted by atomic mass is 16.2. The predicted molar refractivity (Wildman–Crippen MR) is 113 cm³/mol. The summed E-state index contributed by atoms with van der Waals surface area (Å²) in [6.07, 6.45) is 10.5. The normalized spacial score (nSPS) is 29.5. The standard InChI is InChI=1S/C23H31N5O/c1-16(2)8-11-23(15-18-6-7-19(23)24-18)22(29)27-13-9-17(10-14-27)21-26-25-20-5-3-4-12-28(20)21/h3-5,8,12,17-19,24H,6-7,9-11,13-15H2,1-2H3/t18-,19+,23+/m1/s1. The number of nitrogens with one attached hydrogen (secondary N) is 1. The number of piperidine rings is 1. The third kappa shape index (κ3) is 3.18. The van der Waals surface area contributed by atoms with E-state index in [2.05, 4.69) is 44.7 Å². The van der Waals surface area contributed by atoms with Gasteiger partial charge in [0, 0.05) is 37.3 Å². The molecule has 3 saturated heterocycles. The first kappa shape index (κ1) is 18.8. The molecule has 154 valence electrons. The molecule has 3 aliphatic rings. The minimum atomic E-state index is -0.241. The number of amides is 1. The smallest absolute Gasteiger partial charge is 0.230 e. The molecule has 0 saturated carbocycles. The van der Waals surface area contributed by atoms with Crippen molar-refractivity contribution in [3.05, 3.63) is 41.9 Å². The minimum absolute atomic E-state index is 0.241. The number of rotatable bonds is 4. The first-order valence-electron chi connectivity index (χ1n) is 11.1. The molecule has 3 atom stereocenters. The highest BCUT2D eigenvalue weighted by molar-refractivity contribution is 5.85. The van der Waals surface area contributed by atoms with E-state index < -0.39 is 0 Å². The van der Waals surface area contributed by atoms with Crippen LogP contribution in [0.3, 0.4) is 0 Å². The Morgan fingerprint density at radius 2 is 2.03 bits per heavy atom. The van der Waals surface area contributed by atoms with E-state index in [1.165, 1.54) is 12.0 Å². The van der Waals surface area contributed by atoms with E-state index in [9.17, 15) is 4.79 Å². The lowest BCUT2D eigenvalue weighted by atomic mass is 9.70. The largest absolute Gasteiger partial charge is 0.342 e. The Morgan fingerprint density at radius 3 is 2.72 bits per heavy atom. The summed E-state index contributed by atoms with van der Waals surface area (Å²) in [5, 5.41) is 12.5. The molecule has 0 aromatic carbocycles. The van der Waals surface area contributed by atoms with E-state index in [-0.39, 0.29) is 5.41 Å². The van der Waals surface area contributed by atoms with Crippen LogP contribution in [-0.2, 0) is 4.79 Å². The van der Waals surface area contributed by atoms with Gasteiger partial charge < -0.3 is 10.2 Å². The highest BCUT2D eigenvalue weighted by Gasteiger charge is 2.56. The predicted octanol–water partition coefficient (Wildman–Crippen LogP) is 3.30. The lowest BCUT2D eigenvalue weighted by molar-refractivity contribution is -0.144. The molecule has 1 N–H and O–H groups in total. The first-order valence-corrected chi connectivity index (χ1v) is 11.1. The van der Waals surface area contributed by atoms with Gasteiger partial charge in [0.15, 0.2) is 5.65 Å². The Morgan fingerprint density at radius 1 is 1.21 bits per heavy atom. The van der Waals surface area contributed by atoms with E-state index >= 15 is 0 Å². The molecule has 5 rings (SSSR count). The minimum Gasteiger partial charge on any atom is -0.342 e. The van der Waals surface area contributed by atoms with Crippen LogP contribution >= 0.6 is 0 Å². The van der Waals surface area contributed by atoms with Gasteiger partial charge in [-0.25, -0.2) is 0 Å². The van der Waals surface area contributed by atoms with Crippen LogP contribution in [0, 0.1) is 5.41 Å². The molecule has 0 aliphatic carbocycles. The van der Waals surface area contributed by atoms with Gasteiger partial charge in [-0.15, -0.1) is 10.2 Å². The summed E-state index contributed by atoms with van der Waals surface area (Å²) in [5.41, 5.74) is 1.96. The molecule has 0 spiro atoms. The van der Waals surface area contributed by atoms with Gasteiger partial charge in [-0.2, -0.15) is 0 Å². The third-order valence-electron chi connectivity index (χ3n) is 7.31. The summed E-state index contributed by atoms with van der Waals surface area (Å²) in [7, 11) is 0. The molecular formula is C23H31N5O. The number of carbonyl (C=O) groups is 1. The first-order chi connectivity index (χ1) is 14.1. The van der Waals surface area contributed by atoms with Crippen molar-refractivity contribution in [2.75, 3.05) is 13.1 Å². The maximum absolute atomic E-state index is 13.8. The SMILES string of the molecule is CC(C)=CC[C@]1(C(=O)N2CCC(c3nnc4ccccn34)CC2)C[C@H]2CC[C@@H]1N2. The van der Waals surface area contributed by atoms with Crippen LogP contribution in [0.2, 0.25) is 0 Å². The van der Waals surface area contributed by atoms with Crippen molar-refractivity contribution < 1.29 is 4.79 Å². The van der Waals surface area contributed by atoms with Crippen LogP contribution in [0.25, 0.3) is 5.65 Å². The van der Waals surface area contributed by atoms with E-state index in [4.69, 9.17) is 0 Å². The Hall–Kier alpha value is -2.21. The summed E-state index contributed by atoms with van der Waals surface area (Å²) < 4.78 is 2.10. The number of nitrogens with zero attached hydrogens (tertiary/aromatic N) is 4. The second kappa shape index (κ2) is 7.24. The Labute approximate surface area is 172 Å². The van der Waals surface area contributed by atoms with E-state index in [0.717, 1.165) is 56.7 Å². The molecule has 2 aromatic heterocycles. The quantitative estimate of drug-likeness (QED) is 0.810. The fraction of sp³-hybridized carbons (Fsp3) is 0.609. The zero-order chi connectivity index (χ0) is 20.0. The van der Waals surface area contributed by atoms with Crippen molar-refractivity contribution in [3.8, 4) is 0 Å². The molecule has 1 amide bonds. The van der Waals surface area contributed by atoms with Crippen molar-refractivity contribution in [1.29, 1.82) is 0 Å². The Kier molecular flexibility index (Phi) is 4.69. The molecule has 3 aliphatic heterocycles. The third-order valence-corrected chi connectivity index (χ3v) is 7.31. The van der Waals surface area contributed by atoms with Gasteiger partial charge in [0.1, 0.15) is 5.82 Å². The average Bonchev–Trinajstić information content (AvgIpc) is 3.46. The number of carbonyl (C=O) groups excluding carboxylic acids is 1. The second-order valence-corrected chi connectivity index (χ2v) is 9.39. The molecule has 5 heterocycles. The molecule has 6 heteroatoms. The van der Waals surface area contributed by atoms with Gasteiger partial charge in [-0.1, -0.05) is 17.7 Å². The Balaban J connectivity index is 1.32. The number of allylic oxidation sites excluding steroid dienone is 2. The summed E-state index contributed by atoms with van der Waals surface area (Å²) in [4.78, 5) is 15.9. The van der Waals surface area contributed by atoms with Crippen LogP contribution in [0.4, 0.5) is 0 Å². The Bertz CT molecular complexity index is 938. The topological polar surface area (TPSA) is 62.5 Å². The number of likely N-dealkylation sites (tertiary alicyclic amines) is 1. The van der Waals surface area contributed by atoms with Crippen molar-refractivity contribution >= 4 is 11.6 Å². The lowest BCUT2D eigenvalue weighted by Gasteiger charge is -2.41. The fourth-order valence-corrected chi connectivity index (χ4v) is 5.73. The van der Waals surface area contributed by atoms with E-state index in [1.807, 2.05) is 24.4 Å². The maximum Gasteiger partial charge on any atom is 0.230 e. The summed E-state index contributed by atoms with van der Waals surface area (Å²) in [6.45, 7) is 5.90. The number of pyridine rings is 1. The molecule has 2 aromatic rings. The van der Waals surface area contributed by atoms with Gasteiger partial charge >= 0.3 is 0 Å². The summed E-state index contributed by atoms with van der Waals surface area (Å²) >= 11 is 0. The maximum atomic E-state index is 13.8. The summed E-state index contributed by atoms with van der Waals surface area (Å²) in [6, 6.07) is 6.87. The van der Waals surface area contributed by atoms with Crippen LogP contribution in [0.1, 0.15) is 64.1 Å². The molecule has 0 radical (unpaired) electrons. The van der Waals surface area contributed by atoms with E-state index in [0.29, 0.717) is 23.9 Å². The zero-order valence-corrected chi connectivity index (χ0v) is 17.5. The van der Waals surface area contributed by atoms with Gasteiger partial charge in [0.05, 0.1) is 5.41 Å². The van der Waals surface area contributed by atoms with Gasteiger partial charge in [-0.3, -0.25) is 9.20 Å². The van der Waals surface area contributed by atoms with Crippen LogP contribution < -0.4 is 5.32 Å². The number of aromatic nitrogens is 3. The van der Waals surface area contributed by atoms with Gasteiger partial charge in [-0.05, 0) is 64.5 Å². The van der Waals surface area contributed by atoms with E-state index in [1.54, 1.807) is 0 Å². The van der Waals surface area contributed by atoms with Crippen molar-refractivity contribution in [2.24, 2.45) is 5.41 Å². The summed E-state index contributed by atoms with van der Waals surface area (Å²) in [5.74, 6) is 1.77. The van der Waals surface area contributed by atoms with Crippen molar-refractivity contribution in [1.82, 2.24) is 24.8 Å². The molecule has 3 fully saturated rings. The van der Waals surface area contributed by atoms with Gasteiger partial charge in [0.25, 0.3) is 0 Å². The zero-order valence-electron chi connectivity index (χ0n) is 17.5. The molecule has 6 nitrogen and oxygen atoms in total. The average molecular weight is 394 g/mol. The monoisotopic (exact) mass is 393 g/mol. The fourth-order valence-electron chi connectivity index (χ4n) is 5.73. The van der Waals surface area contributed by atoms with Crippen LogP contribution in [-0.4, -0.2) is 50.6 Å². The second-order valence-electron chi connectivity index (χ2n) is 9.39. The van der Waals surface area contributed by atoms with Crippen LogP contribution in [0.15, 0.2) is 36.0 Å². The number of hydrogen-bond acceptors (Lipinski definition) is 4. The lowest BCUT2D eigenvalue weighted by Crippen LogP contribution is -2.52. The molecule has 2 bridgehead atoms. The highest BCUT2D eigenvalue weighted by Crippen LogP contribution is 2.48. The van der Waals surface area contributed by atoms with Crippen LogP contribution in [0.5, 0.6) is 0 Å². The number of fused-ring (bicyclic) bond motifs is 3. The van der Waals surface area contributed by atoms with Gasteiger partial charge in [0.2, 0.25) is 5.91 Å². The molecule has 0 unspecified atom stereocenters.